The standard InChI is InChI=1S/C11H14N2O4/c1-7-5-8(3-4-12-7)10(15)13-9(6-14)11(16)17-2/h3-5,9,14H,6H2,1-2H3,(H,13,15). The second-order valence-corrected chi connectivity index (χ2v) is 3.42. The van der Waals surface area contributed by atoms with Crippen LogP contribution in [0.4, 0.5) is 0 Å². The second kappa shape index (κ2) is 5.95. The smallest absolute Gasteiger partial charge is 0.330 e. The number of rotatable bonds is 4. The van der Waals surface area contributed by atoms with Crippen LogP contribution in [0.5, 0.6) is 0 Å². The van der Waals surface area contributed by atoms with Crippen molar-refractivity contribution in [1.82, 2.24) is 10.3 Å². The van der Waals surface area contributed by atoms with Crippen LogP contribution in [0.15, 0.2) is 18.3 Å². The first-order chi connectivity index (χ1) is 8.08. The number of aliphatic hydroxyl groups is 1. The summed E-state index contributed by atoms with van der Waals surface area (Å²) in [6.45, 7) is 1.24. The van der Waals surface area contributed by atoms with E-state index in [1.165, 1.54) is 19.4 Å². The molecule has 6 heteroatoms. The first-order valence-electron chi connectivity index (χ1n) is 5.00. The van der Waals surface area contributed by atoms with Gasteiger partial charge in [-0.25, -0.2) is 4.79 Å². The average Bonchev–Trinajstić information content (AvgIpc) is 2.34. The number of aliphatic hydroxyl groups excluding tert-OH is 1. The van der Waals surface area contributed by atoms with Crippen molar-refractivity contribution in [3.05, 3.63) is 29.6 Å². The molecule has 1 aromatic rings. The first-order valence-corrected chi connectivity index (χ1v) is 5.00. The van der Waals surface area contributed by atoms with Crippen molar-refractivity contribution in [2.24, 2.45) is 0 Å². The number of aromatic nitrogens is 1. The third-order valence-corrected chi connectivity index (χ3v) is 2.13. The Balaban J connectivity index is 2.74. The van der Waals surface area contributed by atoms with Crippen LogP contribution < -0.4 is 5.32 Å². The van der Waals surface area contributed by atoms with Crippen molar-refractivity contribution in [2.75, 3.05) is 13.7 Å². The number of pyridine rings is 1. The van der Waals surface area contributed by atoms with Crippen molar-refractivity contribution in [1.29, 1.82) is 0 Å². The van der Waals surface area contributed by atoms with Gasteiger partial charge in [-0.15, -0.1) is 0 Å². The molecule has 17 heavy (non-hydrogen) atoms. The molecule has 1 amide bonds. The van der Waals surface area contributed by atoms with E-state index in [0.29, 0.717) is 11.3 Å². The third-order valence-electron chi connectivity index (χ3n) is 2.13. The molecule has 0 aromatic carbocycles. The first kappa shape index (κ1) is 13.1. The number of carbonyl (C=O) groups excluding carboxylic acids is 2. The molecule has 1 unspecified atom stereocenters. The fourth-order valence-electron chi connectivity index (χ4n) is 1.25. The molecular formula is C11H14N2O4. The number of hydrogen-bond acceptors (Lipinski definition) is 5. The van der Waals surface area contributed by atoms with Crippen LogP contribution in [0, 0.1) is 6.92 Å². The molecule has 1 aromatic heterocycles. The number of nitrogens with zero attached hydrogens (tertiary/aromatic N) is 1. The maximum atomic E-state index is 11.7. The number of aryl methyl sites for hydroxylation is 1. The molecule has 0 bridgehead atoms. The molecule has 0 fully saturated rings. The minimum Gasteiger partial charge on any atom is -0.467 e. The van der Waals surface area contributed by atoms with Gasteiger partial charge in [0.1, 0.15) is 0 Å². The summed E-state index contributed by atoms with van der Waals surface area (Å²) in [4.78, 5) is 26.8. The molecule has 0 aliphatic heterocycles. The third kappa shape index (κ3) is 3.53. The topological polar surface area (TPSA) is 88.5 Å². The van der Waals surface area contributed by atoms with Crippen molar-refractivity contribution >= 4 is 11.9 Å². The second-order valence-electron chi connectivity index (χ2n) is 3.42. The van der Waals surface area contributed by atoms with Crippen LogP contribution in [-0.2, 0) is 9.53 Å². The molecule has 0 radical (unpaired) electrons. The number of carbonyl (C=O) groups is 2. The minimum absolute atomic E-state index is 0.375. The highest BCUT2D eigenvalue weighted by Gasteiger charge is 2.21. The van der Waals surface area contributed by atoms with Gasteiger partial charge in [-0.05, 0) is 19.1 Å². The van der Waals surface area contributed by atoms with E-state index in [9.17, 15) is 9.59 Å². The molecule has 6 nitrogen and oxygen atoms in total. The fourth-order valence-corrected chi connectivity index (χ4v) is 1.25. The monoisotopic (exact) mass is 238 g/mol. The van der Waals surface area contributed by atoms with Crippen molar-refractivity contribution in [2.45, 2.75) is 13.0 Å². The molecular weight excluding hydrogens is 224 g/mol. The molecule has 1 heterocycles. The lowest BCUT2D eigenvalue weighted by molar-refractivity contribution is -0.143. The summed E-state index contributed by atoms with van der Waals surface area (Å²) >= 11 is 0. The van der Waals surface area contributed by atoms with Crippen LogP contribution in [0.2, 0.25) is 0 Å². The lowest BCUT2D eigenvalue weighted by Gasteiger charge is -2.13. The normalized spacial score (nSPS) is 11.7. The molecule has 0 saturated carbocycles. The Morgan fingerprint density at radius 2 is 2.29 bits per heavy atom. The van der Waals surface area contributed by atoms with Gasteiger partial charge in [0, 0.05) is 17.5 Å². The van der Waals surface area contributed by atoms with E-state index < -0.39 is 24.5 Å². The Morgan fingerprint density at radius 1 is 1.59 bits per heavy atom. The molecule has 0 aliphatic rings. The summed E-state index contributed by atoms with van der Waals surface area (Å²) in [7, 11) is 1.19. The zero-order valence-corrected chi connectivity index (χ0v) is 9.64. The quantitative estimate of drug-likeness (QED) is 0.700. The molecule has 2 N–H and O–H groups in total. The van der Waals surface area contributed by atoms with Crippen molar-refractivity contribution < 1.29 is 19.4 Å². The van der Waals surface area contributed by atoms with Crippen LogP contribution in [0.1, 0.15) is 16.1 Å². The van der Waals surface area contributed by atoms with Gasteiger partial charge in [0.15, 0.2) is 6.04 Å². The minimum atomic E-state index is -1.05. The molecule has 0 saturated heterocycles. The predicted molar refractivity (Wildman–Crippen MR) is 59.3 cm³/mol. The number of nitrogens with one attached hydrogen (secondary N) is 1. The van der Waals surface area contributed by atoms with Gasteiger partial charge in [-0.3, -0.25) is 9.78 Å². The molecule has 1 rings (SSSR count). The highest BCUT2D eigenvalue weighted by atomic mass is 16.5. The van der Waals surface area contributed by atoms with Gasteiger partial charge in [0.05, 0.1) is 13.7 Å². The lowest BCUT2D eigenvalue weighted by Crippen LogP contribution is -2.44. The highest BCUT2D eigenvalue weighted by Crippen LogP contribution is 2.01. The van der Waals surface area contributed by atoms with Crippen molar-refractivity contribution in [3.63, 3.8) is 0 Å². The Hall–Kier alpha value is -1.95. The Kier molecular flexibility index (Phi) is 4.59. The average molecular weight is 238 g/mol. The van der Waals surface area contributed by atoms with Gasteiger partial charge in [-0.2, -0.15) is 0 Å². The highest BCUT2D eigenvalue weighted by molar-refractivity contribution is 5.96. The summed E-state index contributed by atoms with van der Waals surface area (Å²) in [5.41, 5.74) is 1.07. The largest absolute Gasteiger partial charge is 0.467 e. The summed E-state index contributed by atoms with van der Waals surface area (Å²) < 4.78 is 4.44. The van der Waals surface area contributed by atoms with E-state index in [-0.39, 0.29) is 0 Å². The zero-order chi connectivity index (χ0) is 12.8. The molecule has 0 aliphatic carbocycles. The van der Waals surface area contributed by atoms with Gasteiger partial charge in [0.25, 0.3) is 5.91 Å². The van der Waals surface area contributed by atoms with Crippen LogP contribution in [0.3, 0.4) is 0 Å². The maximum Gasteiger partial charge on any atom is 0.330 e. The van der Waals surface area contributed by atoms with E-state index in [4.69, 9.17) is 5.11 Å². The van der Waals surface area contributed by atoms with E-state index in [1.807, 2.05) is 0 Å². The Labute approximate surface area is 98.6 Å². The molecule has 0 spiro atoms. The molecule has 92 valence electrons. The summed E-state index contributed by atoms with van der Waals surface area (Å²) in [5.74, 6) is -1.15. The summed E-state index contributed by atoms with van der Waals surface area (Å²) in [5, 5.41) is 11.3. The van der Waals surface area contributed by atoms with Gasteiger partial charge in [-0.1, -0.05) is 0 Å². The van der Waals surface area contributed by atoms with E-state index in [1.54, 1.807) is 13.0 Å². The van der Waals surface area contributed by atoms with Gasteiger partial charge < -0.3 is 15.2 Å². The number of amides is 1. The van der Waals surface area contributed by atoms with Gasteiger partial charge >= 0.3 is 5.97 Å². The zero-order valence-electron chi connectivity index (χ0n) is 9.64. The van der Waals surface area contributed by atoms with Crippen LogP contribution in [-0.4, -0.2) is 41.7 Å². The number of esters is 1. The van der Waals surface area contributed by atoms with Gasteiger partial charge in [0.2, 0.25) is 0 Å². The summed E-state index contributed by atoms with van der Waals surface area (Å²) in [6.07, 6.45) is 1.50. The Morgan fingerprint density at radius 3 is 2.82 bits per heavy atom. The predicted octanol–water partition coefficient (Wildman–Crippen LogP) is -0.346. The fraction of sp³-hybridized carbons (Fsp3) is 0.364. The van der Waals surface area contributed by atoms with E-state index in [2.05, 4.69) is 15.0 Å². The number of methoxy groups -OCH3 is 1. The Bertz CT molecular complexity index is 420. The SMILES string of the molecule is COC(=O)C(CO)NC(=O)c1ccnc(C)c1. The van der Waals surface area contributed by atoms with E-state index >= 15 is 0 Å². The van der Waals surface area contributed by atoms with Crippen LogP contribution >= 0.6 is 0 Å². The number of hydrogen-bond donors (Lipinski definition) is 2. The van der Waals surface area contributed by atoms with Crippen molar-refractivity contribution in [3.8, 4) is 0 Å². The molecule has 1 atom stereocenters. The van der Waals surface area contributed by atoms with E-state index in [0.717, 1.165) is 0 Å². The summed E-state index contributed by atoms with van der Waals surface area (Å²) in [6, 6.07) is 2.05. The van der Waals surface area contributed by atoms with Crippen LogP contribution in [0.25, 0.3) is 0 Å². The number of ether oxygens (including phenoxy) is 1. The lowest BCUT2D eigenvalue weighted by atomic mass is 10.2. The maximum absolute atomic E-state index is 11.7.